The lowest BCUT2D eigenvalue weighted by molar-refractivity contribution is -0.929. The van der Waals surface area contributed by atoms with E-state index in [9.17, 15) is 4.79 Å². The largest absolute Gasteiger partial charge is 0.325 e. The maximum absolute atomic E-state index is 12.6. The summed E-state index contributed by atoms with van der Waals surface area (Å²) in [5.41, 5.74) is 2.69. The summed E-state index contributed by atoms with van der Waals surface area (Å²) >= 11 is 0. The average molecular weight is 353 g/mol. The fourth-order valence-electron chi connectivity index (χ4n) is 3.92. The van der Waals surface area contributed by atoms with Gasteiger partial charge in [0.1, 0.15) is 6.04 Å². The van der Waals surface area contributed by atoms with Crippen molar-refractivity contribution in [2.45, 2.75) is 19.9 Å². The van der Waals surface area contributed by atoms with E-state index >= 15 is 0 Å². The third kappa shape index (κ3) is 4.07. The second kappa shape index (κ2) is 8.86. The van der Waals surface area contributed by atoms with Gasteiger partial charge in [0.05, 0.1) is 26.2 Å². The molecule has 0 bridgehead atoms. The minimum atomic E-state index is 0.185. The van der Waals surface area contributed by atoms with Gasteiger partial charge in [0.15, 0.2) is 0 Å². The summed E-state index contributed by atoms with van der Waals surface area (Å²) in [6, 6.07) is 22.0. The Hall–Kier alpha value is -2.33. The predicted octanol–water partition coefficient (Wildman–Crippen LogP) is 2.44. The fourth-order valence-corrected chi connectivity index (χ4v) is 3.92. The lowest BCUT2D eigenvalue weighted by Gasteiger charge is -2.38. The molecule has 138 valence electrons. The zero-order valence-electron chi connectivity index (χ0n) is 15.9. The van der Waals surface area contributed by atoms with Crippen LogP contribution in [0.3, 0.4) is 0 Å². The van der Waals surface area contributed by atoms with Crippen LogP contribution in [-0.4, -0.2) is 55.1 Å². The van der Waals surface area contributed by atoms with E-state index in [4.69, 9.17) is 0 Å². The van der Waals surface area contributed by atoms with E-state index in [2.05, 4.69) is 60.7 Å². The van der Waals surface area contributed by atoms with Gasteiger partial charge < -0.3 is 14.7 Å². The van der Waals surface area contributed by atoms with Crippen LogP contribution in [0.4, 0.5) is 4.79 Å². The van der Waals surface area contributed by atoms with Crippen LogP contribution in [0.25, 0.3) is 0 Å². The van der Waals surface area contributed by atoms with E-state index in [1.165, 1.54) is 16.0 Å². The van der Waals surface area contributed by atoms with E-state index < -0.39 is 0 Å². The molecule has 4 heteroatoms. The molecule has 1 aliphatic heterocycles. The summed E-state index contributed by atoms with van der Waals surface area (Å²) in [6.45, 7) is 9.23. The third-order valence-corrected chi connectivity index (χ3v) is 5.38. The Morgan fingerprint density at radius 3 is 1.81 bits per heavy atom. The van der Waals surface area contributed by atoms with Crippen LogP contribution in [0, 0.1) is 0 Å². The van der Waals surface area contributed by atoms with Gasteiger partial charge in [-0.05, 0) is 13.8 Å². The zero-order valence-corrected chi connectivity index (χ0v) is 15.9. The lowest BCUT2D eigenvalue weighted by atomic mass is 9.96. The lowest BCUT2D eigenvalue weighted by Crippen LogP contribution is -3.15. The molecule has 1 aliphatic rings. The molecule has 0 radical (unpaired) electrons. The van der Waals surface area contributed by atoms with E-state index in [1.54, 1.807) is 0 Å². The molecule has 1 heterocycles. The zero-order chi connectivity index (χ0) is 18.4. The second-order valence-electron chi connectivity index (χ2n) is 6.85. The normalized spacial score (nSPS) is 15.3. The summed E-state index contributed by atoms with van der Waals surface area (Å²) < 4.78 is 0. The van der Waals surface area contributed by atoms with Crippen LogP contribution in [0.5, 0.6) is 0 Å². The molecule has 1 saturated heterocycles. The Balaban J connectivity index is 1.75. The van der Waals surface area contributed by atoms with Gasteiger partial charge >= 0.3 is 6.03 Å². The standard InChI is InChI=1S/C22H29N3O/c1-3-23(4-2)22(26)25-17-15-24(16-18-25)21(19-11-7-5-8-12-19)20-13-9-6-10-14-20/h5-14,21H,3-4,15-18H2,1-2H3/p+1. The molecule has 3 rings (SSSR count). The molecule has 0 atom stereocenters. The number of piperazine rings is 1. The van der Waals surface area contributed by atoms with E-state index in [-0.39, 0.29) is 6.03 Å². The number of nitrogens with zero attached hydrogens (tertiary/aromatic N) is 2. The highest BCUT2D eigenvalue weighted by atomic mass is 16.2. The SMILES string of the molecule is CCN(CC)C(=O)N1CC[NH+](C(c2ccccc2)c2ccccc2)CC1. The highest BCUT2D eigenvalue weighted by Gasteiger charge is 2.32. The molecular weight excluding hydrogens is 322 g/mol. The molecule has 4 nitrogen and oxygen atoms in total. The first-order valence-electron chi connectivity index (χ1n) is 9.72. The highest BCUT2D eigenvalue weighted by Crippen LogP contribution is 2.19. The quantitative estimate of drug-likeness (QED) is 0.880. The Morgan fingerprint density at radius 2 is 1.38 bits per heavy atom. The van der Waals surface area contributed by atoms with E-state index in [0.717, 1.165) is 39.3 Å². The van der Waals surface area contributed by atoms with Gasteiger partial charge in [-0.2, -0.15) is 0 Å². The van der Waals surface area contributed by atoms with Gasteiger partial charge in [0.25, 0.3) is 0 Å². The molecule has 26 heavy (non-hydrogen) atoms. The van der Waals surface area contributed by atoms with Crippen molar-refractivity contribution in [1.82, 2.24) is 9.80 Å². The van der Waals surface area contributed by atoms with Crippen LogP contribution in [0.15, 0.2) is 60.7 Å². The molecule has 0 unspecified atom stereocenters. The summed E-state index contributed by atoms with van der Waals surface area (Å²) in [5, 5.41) is 0. The molecule has 0 spiro atoms. The summed E-state index contributed by atoms with van der Waals surface area (Å²) in [4.78, 5) is 18.1. The minimum absolute atomic E-state index is 0.185. The van der Waals surface area contributed by atoms with Gasteiger partial charge in [0.2, 0.25) is 0 Å². The smallest absolute Gasteiger partial charge is 0.320 e. The average Bonchev–Trinajstić information content (AvgIpc) is 2.71. The van der Waals surface area contributed by atoms with Crippen molar-refractivity contribution in [3.63, 3.8) is 0 Å². The number of nitrogens with one attached hydrogen (secondary N) is 1. The number of rotatable bonds is 5. The van der Waals surface area contributed by atoms with Crippen LogP contribution in [0.2, 0.25) is 0 Å². The Bertz CT molecular complexity index is 638. The summed E-state index contributed by atoms with van der Waals surface area (Å²) in [5.74, 6) is 0. The maximum atomic E-state index is 12.6. The van der Waals surface area contributed by atoms with E-state index in [1.807, 2.05) is 23.6 Å². The van der Waals surface area contributed by atoms with Gasteiger partial charge in [-0.3, -0.25) is 0 Å². The first-order valence-corrected chi connectivity index (χ1v) is 9.72. The molecule has 2 amide bonds. The fraction of sp³-hybridized carbons (Fsp3) is 0.409. The third-order valence-electron chi connectivity index (χ3n) is 5.38. The Kier molecular flexibility index (Phi) is 6.29. The number of urea groups is 1. The monoisotopic (exact) mass is 352 g/mol. The number of benzene rings is 2. The number of carbonyl (C=O) groups is 1. The molecule has 1 N–H and O–H groups in total. The van der Waals surface area contributed by atoms with Crippen LogP contribution >= 0.6 is 0 Å². The molecule has 2 aromatic carbocycles. The van der Waals surface area contributed by atoms with Crippen LogP contribution < -0.4 is 4.90 Å². The van der Waals surface area contributed by atoms with Gasteiger partial charge in [0, 0.05) is 24.2 Å². The molecule has 0 saturated carbocycles. The molecule has 0 aliphatic carbocycles. The van der Waals surface area contributed by atoms with Crippen molar-refractivity contribution in [1.29, 1.82) is 0 Å². The molecule has 2 aromatic rings. The predicted molar refractivity (Wildman–Crippen MR) is 105 cm³/mol. The first-order chi connectivity index (χ1) is 12.7. The topological polar surface area (TPSA) is 28.0 Å². The van der Waals surface area contributed by atoms with Crippen molar-refractivity contribution in [2.75, 3.05) is 39.3 Å². The Morgan fingerprint density at radius 1 is 0.923 bits per heavy atom. The molecule has 0 aromatic heterocycles. The molecule has 1 fully saturated rings. The number of hydrogen-bond donors (Lipinski definition) is 1. The minimum Gasteiger partial charge on any atom is -0.325 e. The van der Waals surface area contributed by atoms with Gasteiger partial charge in [-0.1, -0.05) is 60.7 Å². The number of quaternary nitrogens is 1. The second-order valence-corrected chi connectivity index (χ2v) is 6.85. The number of hydrogen-bond acceptors (Lipinski definition) is 1. The number of amides is 2. The highest BCUT2D eigenvalue weighted by molar-refractivity contribution is 5.74. The number of carbonyl (C=O) groups excluding carboxylic acids is 1. The van der Waals surface area contributed by atoms with Crippen molar-refractivity contribution in [3.8, 4) is 0 Å². The van der Waals surface area contributed by atoms with Crippen molar-refractivity contribution in [3.05, 3.63) is 71.8 Å². The summed E-state index contributed by atoms with van der Waals surface area (Å²) in [7, 11) is 0. The van der Waals surface area contributed by atoms with Crippen molar-refractivity contribution >= 4 is 6.03 Å². The van der Waals surface area contributed by atoms with Gasteiger partial charge in [-0.15, -0.1) is 0 Å². The first kappa shape index (κ1) is 18.5. The maximum Gasteiger partial charge on any atom is 0.320 e. The molecular formula is C22H30N3O+. The summed E-state index contributed by atoms with van der Waals surface area (Å²) in [6.07, 6.45) is 0. The Labute approximate surface area is 157 Å². The van der Waals surface area contributed by atoms with Gasteiger partial charge in [-0.25, -0.2) is 4.79 Å². The van der Waals surface area contributed by atoms with E-state index in [0.29, 0.717) is 6.04 Å². The van der Waals surface area contributed by atoms with Crippen LogP contribution in [-0.2, 0) is 0 Å². The van der Waals surface area contributed by atoms with Crippen molar-refractivity contribution < 1.29 is 9.69 Å². The van der Waals surface area contributed by atoms with Crippen molar-refractivity contribution in [2.24, 2.45) is 0 Å². The van der Waals surface area contributed by atoms with Crippen LogP contribution in [0.1, 0.15) is 31.0 Å².